The molecule has 0 saturated heterocycles. The Morgan fingerprint density at radius 2 is 1.12 bits per heavy atom. The number of benzene rings is 2. The molecule has 0 aromatic heterocycles. The van der Waals surface area contributed by atoms with Gasteiger partial charge in [0.15, 0.2) is 0 Å². The molecule has 0 spiro atoms. The summed E-state index contributed by atoms with van der Waals surface area (Å²) in [5, 5.41) is 0.198. The fourth-order valence-corrected chi connectivity index (χ4v) is 8.26. The SMILES string of the molecule is C.C.C.C.CCCCCCCCCCCCCCCCCCOC(=O)C(C)(CCc1ccccc1)CCC(SC(=S)N(CC)CC)c1ccccc1. The smallest absolute Gasteiger partial charge is 0.311 e. The van der Waals surface area contributed by atoms with Crippen molar-refractivity contribution in [2.75, 3.05) is 19.7 Å². The molecule has 0 aliphatic carbocycles. The second-order valence-electron chi connectivity index (χ2n) is 14.0. The van der Waals surface area contributed by atoms with Gasteiger partial charge in [0.05, 0.1) is 12.0 Å². The topological polar surface area (TPSA) is 29.5 Å². The van der Waals surface area contributed by atoms with Gasteiger partial charge in [-0.05, 0) is 64.0 Å². The lowest BCUT2D eigenvalue weighted by atomic mass is 9.79. The van der Waals surface area contributed by atoms with E-state index in [-0.39, 0.29) is 40.9 Å². The van der Waals surface area contributed by atoms with Crippen LogP contribution >= 0.6 is 24.0 Å². The Bertz CT molecular complexity index is 1080. The Hall–Kier alpha value is -1.85. The molecule has 2 atom stereocenters. The van der Waals surface area contributed by atoms with Crippen LogP contribution in [0, 0.1) is 5.41 Å². The van der Waals surface area contributed by atoms with Gasteiger partial charge in [-0.1, -0.05) is 218 Å². The van der Waals surface area contributed by atoms with E-state index in [1.807, 2.05) is 0 Å². The number of thiocarbonyl (C=S) groups is 1. The van der Waals surface area contributed by atoms with Crippen LogP contribution in [0.15, 0.2) is 60.7 Å². The van der Waals surface area contributed by atoms with Crippen molar-refractivity contribution in [1.29, 1.82) is 0 Å². The molecule has 0 aliphatic heterocycles. The van der Waals surface area contributed by atoms with Gasteiger partial charge in [-0.15, -0.1) is 0 Å². The van der Waals surface area contributed by atoms with E-state index < -0.39 is 5.41 Å². The van der Waals surface area contributed by atoms with E-state index in [1.165, 1.54) is 101 Å². The Kier molecular flexibility index (Phi) is 36.6. The molecule has 2 aromatic carbocycles. The molecule has 5 heteroatoms. The molecule has 3 nitrogen and oxygen atoms in total. The first-order valence-electron chi connectivity index (χ1n) is 19.6. The zero-order chi connectivity index (χ0) is 34.7. The summed E-state index contributed by atoms with van der Waals surface area (Å²) in [7, 11) is 0. The lowest BCUT2D eigenvalue weighted by molar-refractivity contribution is -0.156. The minimum Gasteiger partial charge on any atom is -0.465 e. The quantitative estimate of drug-likeness (QED) is 0.0490. The summed E-state index contributed by atoms with van der Waals surface area (Å²) in [6.45, 7) is 11.1. The average Bonchev–Trinajstić information content (AvgIpc) is 3.11. The van der Waals surface area contributed by atoms with Crippen molar-refractivity contribution in [3.05, 3.63) is 71.8 Å². The standard InChI is InChI=1S/C43H69NO2S2.4CH4/c1-5-8-9-10-11-12-13-14-15-16-17-18-19-20-21-28-37-46-41(45)43(4,35-33-38-29-24-22-25-30-38)36-34-40(39-31-26-23-27-32-39)48-42(47)44(6-2)7-3;;;;/h22-27,29-32,40H,5-21,28,33-37H2,1-4H3;4*1H4. The number of thioether (sulfide) groups is 1. The van der Waals surface area contributed by atoms with Crippen molar-refractivity contribution >= 4 is 34.3 Å². The number of unbranched alkanes of at least 4 members (excludes halogenated alkanes) is 15. The molecule has 0 saturated carbocycles. The highest BCUT2D eigenvalue weighted by molar-refractivity contribution is 8.23. The predicted molar refractivity (Wildman–Crippen MR) is 242 cm³/mol. The Morgan fingerprint density at radius 3 is 1.58 bits per heavy atom. The Balaban J connectivity index is -0.00000600. The molecule has 2 rings (SSSR count). The van der Waals surface area contributed by atoms with E-state index in [0.717, 1.165) is 55.9 Å². The summed E-state index contributed by atoms with van der Waals surface area (Å²) in [6.07, 6.45) is 24.7. The van der Waals surface area contributed by atoms with E-state index in [0.29, 0.717) is 6.61 Å². The number of carbonyl (C=O) groups is 1. The fraction of sp³-hybridized carbons (Fsp3) is 0.702. The van der Waals surface area contributed by atoms with Crippen LogP contribution in [0.5, 0.6) is 0 Å². The van der Waals surface area contributed by atoms with Gasteiger partial charge in [-0.2, -0.15) is 0 Å². The maximum absolute atomic E-state index is 13.8. The minimum absolute atomic E-state index is 0. The number of aryl methyl sites for hydroxylation is 1. The van der Waals surface area contributed by atoms with Crippen LogP contribution in [0.1, 0.15) is 196 Å². The van der Waals surface area contributed by atoms with Gasteiger partial charge in [0, 0.05) is 18.3 Å². The van der Waals surface area contributed by atoms with Gasteiger partial charge in [-0.3, -0.25) is 4.79 Å². The summed E-state index contributed by atoms with van der Waals surface area (Å²) in [5.74, 6) is -0.0393. The molecule has 0 bridgehead atoms. The first kappa shape index (κ1) is 54.5. The number of nitrogens with zero attached hydrogens (tertiary/aromatic N) is 1. The van der Waals surface area contributed by atoms with Gasteiger partial charge >= 0.3 is 5.97 Å². The fourth-order valence-electron chi connectivity index (χ4n) is 6.47. The van der Waals surface area contributed by atoms with Crippen molar-refractivity contribution in [1.82, 2.24) is 4.90 Å². The third-order valence-electron chi connectivity index (χ3n) is 9.93. The maximum Gasteiger partial charge on any atom is 0.311 e. The zero-order valence-corrected chi connectivity index (χ0v) is 32.8. The molecule has 2 unspecified atom stereocenters. The minimum atomic E-state index is -0.546. The molecule has 0 aliphatic rings. The summed E-state index contributed by atoms with van der Waals surface area (Å²) < 4.78 is 6.96. The summed E-state index contributed by atoms with van der Waals surface area (Å²) in [6, 6.07) is 21.2. The first-order valence-corrected chi connectivity index (χ1v) is 20.9. The van der Waals surface area contributed by atoms with Gasteiger partial charge in [0.1, 0.15) is 4.32 Å². The van der Waals surface area contributed by atoms with Gasteiger partial charge in [0.25, 0.3) is 0 Å². The van der Waals surface area contributed by atoms with Crippen LogP contribution in [0.4, 0.5) is 0 Å². The van der Waals surface area contributed by atoms with Crippen LogP contribution in [-0.4, -0.2) is 34.9 Å². The Morgan fingerprint density at radius 1 is 0.673 bits per heavy atom. The molecular formula is C47H85NO2S2. The van der Waals surface area contributed by atoms with Crippen LogP contribution < -0.4 is 0 Å². The molecule has 0 fully saturated rings. The first-order chi connectivity index (χ1) is 23.4. The van der Waals surface area contributed by atoms with Crippen molar-refractivity contribution in [2.45, 2.75) is 191 Å². The second-order valence-corrected chi connectivity index (χ2v) is 15.8. The highest BCUT2D eigenvalue weighted by Gasteiger charge is 2.35. The van der Waals surface area contributed by atoms with E-state index in [9.17, 15) is 4.79 Å². The molecule has 2 aromatic rings. The van der Waals surface area contributed by atoms with Gasteiger partial charge in [0.2, 0.25) is 0 Å². The van der Waals surface area contributed by atoms with E-state index in [4.69, 9.17) is 17.0 Å². The number of rotatable bonds is 28. The van der Waals surface area contributed by atoms with E-state index in [1.54, 1.807) is 11.8 Å². The summed E-state index contributed by atoms with van der Waals surface area (Å²) in [5.41, 5.74) is 1.99. The molecule has 0 radical (unpaired) electrons. The third kappa shape index (κ3) is 23.7. The zero-order valence-electron chi connectivity index (χ0n) is 31.2. The van der Waals surface area contributed by atoms with Crippen LogP contribution in [0.3, 0.4) is 0 Å². The monoisotopic (exact) mass is 760 g/mol. The number of esters is 1. The molecule has 52 heavy (non-hydrogen) atoms. The van der Waals surface area contributed by atoms with Crippen molar-refractivity contribution in [3.63, 3.8) is 0 Å². The lowest BCUT2D eigenvalue weighted by Crippen LogP contribution is -2.32. The molecule has 302 valence electrons. The maximum atomic E-state index is 13.8. The third-order valence-corrected chi connectivity index (χ3v) is 11.7. The van der Waals surface area contributed by atoms with Crippen molar-refractivity contribution < 1.29 is 9.53 Å². The average molecular weight is 760 g/mol. The predicted octanol–water partition coefficient (Wildman–Crippen LogP) is 15.9. The normalized spacial score (nSPS) is 12.2. The van der Waals surface area contributed by atoms with Crippen molar-refractivity contribution in [2.24, 2.45) is 5.41 Å². The molecule has 0 heterocycles. The second kappa shape index (κ2) is 34.9. The van der Waals surface area contributed by atoms with Gasteiger partial charge in [-0.25, -0.2) is 0 Å². The van der Waals surface area contributed by atoms with Gasteiger partial charge < -0.3 is 9.64 Å². The Labute approximate surface area is 335 Å². The highest BCUT2D eigenvalue weighted by Crippen LogP contribution is 2.41. The molecule has 0 amide bonds. The van der Waals surface area contributed by atoms with Crippen molar-refractivity contribution in [3.8, 4) is 0 Å². The molecular weight excluding hydrogens is 675 g/mol. The van der Waals surface area contributed by atoms with Crippen LogP contribution in [-0.2, 0) is 16.0 Å². The van der Waals surface area contributed by atoms with E-state index in [2.05, 4.69) is 93.3 Å². The van der Waals surface area contributed by atoms with Crippen LogP contribution in [0.2, 0.25) is 0 Å². The highest BCUT2D eigenvalue weighted by atomic mass is 32.2. The van der Waals surface area contributed by atoms with Crippen LogP contribution in [0.25, 0.3) is 0 Å². The van der Waals surface area contributed by atoms with E-state index >= 15 is 0 Å². The number of hydrogen-bond acceptors (Lipinski definition) is 4. The number of hydrogen-bond donors (Lipinski definition) is 0. The summed E-state index contributed by atoms with van der Waals surface area (Å²) in [4.78, 5) is 16.0. The largest absolute Gasteiger partial charge is 0.465 e. The lowest BCUT2D eigenvalue weighted by Gasteiger charge is -2.30. The number of ether oxygens (including phenoxy) is 1. The summed E-state index contributed by atoms with van der Waals surface area (Å²) >= 11 is 7.64. The molecule has 0 N–H and O–H groups in total. The number of carbonyl (C=O) groups excluding carboxylic acids is 1.